The van der Waals surface area contributed by atoms with E-state index < -0.39 is 0 Å². The summed E-state index contributed by atoms with van der Waals surface area (Å²) >= 11 is 0. The van der Waals surface area contributed by atoms with Gasteiger partial charge in [0, 0.05) is 36.5 Å². The van der Waals surface area contributed by atoms with Crippen molar-refractivity contribution in [3.05, 3.63) is 59.2 Å². The van der Waals surface area contributed by atoms with Crippen molar-refractivity contribution >= 4 is 23.3 Å². The molecule has 6 nitrogen and oxygen atoms in total. The van der Waals surface area contributed by atoms with E-state index in [-0.39, 0.29) is 24.0 Å². The van der Waals surface area contributed by atoms with Crippen LogP contribution < -0.4 is 20.9 Å². The Morgan fingerprint density at radius 1 is 0.844 bits per heavy atom. The first-order valence-corrected chi connectivity index (χ1v) is 12.0. The first kappa shape index (κ1) is 20.9. The minimum atomic E-state index is -0.190. The van der Waals surface area contributed by atoms with Crippen LogP contribution in [0.25, 0.3) is 0 Å². The molecule has 5 rings (SSSR count). The van der Waals surface area contributed by atoms with Gasteiger partial charge in [-0.1, -0.05) is 43.5 Å². The third-order valence-electron chi connectivity index (χ3n) is 6.82. The summed E-state index contributed by atoms with van der Waals surface area (Å²) < 4.78 is 0. The average Bonchev–Trinajstić information content (AvgIpc) is 3.63. The van der Waals surface area contributed by atoms with Crippen LogP contribution in [-0.2, 0) is 13.0 Å². The first-order valence-electron chi connectivity index (χ1n) is 12.0. The van der Waals surface area contributed by atoms with Crippen LogP contribution >= 0.6 is 0 Å². The monoisotopic (exact) mass is 432 g/mol. The van der Waals surface area contributed by atoms with Gasteiger partial charge in [-0.05, 0) is 61.4 Å². The molecule has 3 N–H and O–H groups in total. The molecule has 0 bridgehead atoms. The van der Waals surface area contributed by atoms with Gasteiger partial charge in [-0.25, -0.2) is 4.79 Å². The molecule has 2 fully saturated rings. The number of nitrogens with zero attached hydrogens (tertiary/aromatic N) is 1. The van der Waals surface area contributed by atoms with E-state index in [9.17, 15) is 9.59 Å². The van der Waals surface area contributed by atoms with Gasteiger partial charge in [0.2, 0.25) is 0 Å². The standard InChI is InChI=1S/C26H32N4O2/c31-25(27-21-10-11-21)23-16-22(29-26(32)28-20-8-2-1-3-9-20)12-13-24(23)30-15-14-18-6-4-5-7-19(18)17-30/h4-7,12-13,16,20-21H,1-3,8-11,14-15,17H2,(H,27,31)(H2,28,29,32). The molecule has 0 saturated heterocycles. The van der Waals surface area contributed by atoms with Crippen molar-refractivity contribution in [2.24, 2.45) is 0 Å². The number of nitrogens with one attached hydrogen (secondary N) is 3. The number of hydrogen-bond acceptors (Lipinski definition) is 3. The van der Waals surface area contributed by atoms with Crippen molar-refractivity contribution < 1.29 is 9.59 Å². The molecule has 3 amide bonds. The second-order valence-electron chi connectivity index (χ2n) is 9.35. The molecule has 0 spiro atoms. The van der Waals surface area contributed by atoms with E-state index in [0.29, 0.717) is 11.3 Å². The summed E-state index contributed by atoms with van der Waals surface area (Å²) in [6.07, 6.45) is 8.72. The molecule has 0 aromatic heterocycles. The molecule has 2 aliphatic carbocycles. The maximum atomic E-state index is 13.1. The smallest absolute Gasteiger partial charge is 0.319 e. The molecular weight excluding hydrogens is 400 g/mol. The van der Waals surface area contributed by atoms with Gasteiger partial charge >= 0.3 is 6.03 Å². The molecule has 32 heavy (non-hydrogen) atoms. The third-order valence-corrected chi connectivity index (χ3v) is 6.82. The lowest BCUT2D eigenvalue weighted by Gasteiger charge is -2.32. The predicted molar refractivity (Wildman–Crippen MR) is 127 cm³/mol. The van der Waals surface area contributed by atoms with Crippen molar-refractivity contribution in [2.75, 3.05) is 16.8 Å². The summed E-state index contributed by atoms with van der Waals surface area (Å²) in [7, 11) is 0. The topological polar surface area (TPSA) is 73.5 Å². The molecule has 2 saturated carbocycles. The molecule has 2 aromatic rings. The Morgan fingerprint density at radius 2 is 1.59 bits per heavy atom. The molecule has 3 aliphatic rings. The van der Waals surface area contributed by atoms with Crippen molar-refractivity contribution in [3.63, 3.8) is 0 Å². The fourth-order valence-corrected chi connectivity index (χ4v) is 4.86. The fraction of sp³-hybridized carbons (Fsp3) is 0.462. The number of urea groups is 1. The van der Waals surface area contributed by atoms with Crippen LogP contribution in [0.15, 0.2) is 42.5 Å². The van der Waals surface area contributed by atoms with E-state index in [1.54, 1.807) is 0 Å². The summed E-state index contributed by atoms with van der Waals surface area (Å²) in [5, 5.41) is 9.16. The highest BCUT2D eigenvalue weighted by Gasteiger charge is 2.27. The van der Waals surface area contributed by atoms with Crippen molar-refractivity contribution in [1.29, 1.82) is 0 Å². The van der Waals surface area contributed by atoms with Gasteiger partial charge in [0.05, 0.1) is 5.56 Å². The van der Waals surface area contributed by atoms with Crippen molar-refractivity contribution in [3.8, 4) is 0 Å². The number of anilines is 2. The van der Waals surface area contributed by atoms with Crippen LogP contribution in [0, 0.1) is 0 Å². The quantitative estimate of drug-likeness (QED) is 0.647. The summed E-state index contributed by atoms with van der Waals surface area (Å²) in [6, 6.07) is 14.6. The van der Waals surface area contributed by atoms with Gasteiger partial charge in [0.1, 0.15) is 0 Å². The Labute approximate surface area is 189 Å². The normalized spacial score (nSPS) is 18.6. The Balaban J connectivity index is 1.35. The maximum absolute atomic E-state index is 13.1. The second kappa shape index (κ2) is 9.23. The summed E-state index contributed by atoms with van der Waals surface area (Å²) in [4.78, 5) is 27.9. The highest BCUT2D eigenvalue weighted by Crippen LogP contribution is 2.30. The van der Waals surface area contributed by atoms with E-state index in [1.807, 2.05) is 18.2 Å². The molecule has 168 valence electrons. The summed E-state index contributed by atoms with van der Waals surface area (Å²) in [5.74, 6) is -0.0577. The number of benzene rings is 2. The Bertz CT molecular complexity index is 995. The van der Waals surface area contributed by atoms with Gasteiger partial charge in [-0.3, -0.25) is 4.79 Å². The lowest BCUT2D eigenvalue weighted by molar-refractivity contribution is 0.0951. The number of hydrogen-bond donors (Lipinski definition) is 3. The Kier molecular flexibility index (Phi) is 6.02. The fourth-order valence-electron chi connectivity index (χ4n) is 4.86. The van der Waals surface area contributed by atoms with E-state index >= 15 is 0 Å². The number of amides is 3. The highest BCUT2D eigenvalue weighted by molar-refractivity contribution is 6.02. The average molecular weight is 433 g/mol. The van der Waals surface area contributed by atoms with Crippen LogP contribution in [0.2, 0.25) is 0 Å². The number of rotatable bonds is 5. The third kappa shape index (κ3) is 4.90. The van der Waals surface area contributed by atoms with Gasteiger partial charge < -0.3 is 20.9 Å². The zero-order chi connectivity index (χ0) is 21.9. The van der Waals surface area contributed by atoms with Gasteiger partial charge in [0.15, 0.2) is 0 Å². The largest absolute Gasteiger partial charge is 0.366 e. The number of carbonyl (C=O) groups excluding carboxylic acids is 2. The lowest BCUT2D eigenvalue weighted by Crippen LogP contribution is -2.39. The van der Waals surface area contributed by atoms with E-state index in [1.165, 1.54) is 30.4 Å². The molecule has 0 atom stereocenters. The molecular formula is C26H32N4O2. The number of fused-ring (bicyclic) bond motifs is 1. The molecule has 2 aromatic carbocycles. The minimum Gasteiger partial charge on any atom is -0.366 e. The summed E-state index contributed by atoms with van der Waals surface area (Å²) in [5.41, 5.74) is 4.90. The molecule has 0 unspecified atom stereocenters. The molecule has 0 radical (unpaired) electrons. The van der Waals surface area contributed by atoms with E-state index in [2.05, 4.69) is 45.1 Å². The van der Waals surface area contributed by atoms with Gasteiger partial charge in [-0.2, -0.15) is 0 Å². The van der Waals surface area contributed by atoms with E-state index in [4.69, 9.17) is 0 Å². The first-order chi connectivity index (χ1) is 15.7. The lowest BCUT2D eigenvalue weighted by atomic mass is 9.96. The van der Waals surface area contributed by atoms with Crippen LogP contribution in [0.4, 0.5) is 16.2 Å². The van der Waals surface area contributed by atoms with Crippen LogP contribution in [0.3, 0.4) is 0 Å². The second-order valence-corrected chi connectivity index (χ2v) is 9.35. The Morgan fingerprint density at radius 3 is 2.38 bits per heavy atom. The van der Waals surface area contributed by atoms with Crippen molar-refractivity contribution in [2.45, 2.75) is 70.0 Å². The molecule has 1 aliphatic heterocycles. The number of carbonyl (C=O) groups is 2. The van der Waals surface area contributed by atoms with Crippen LogP contribution in [0.5, 0.6) is 0 Å². The Hall–Kier alpha value is -3.02. The zero-order valence-electron chi connectivity index (χ0n) is 18.5. The highest BCUT2D eigenvalue weighted by atomic mass is 16.2. The zero-order valence-corrected chi connectivity index (χ0v) is 18.5. The van der Waals surface area contributed by atoms with Crippen LogP contribution in [0.1, 0.15) is 66.4 Å². The maximum Gasteiger partial charge on any atom is 0.319 e. The predicted octanol–water partition coefficient (Wildman–Crippen LogP) is 4.60. The van der Waals surface area contributed by atoms with Gasteiger partial charge in [0.25, 0.3) is 5.91 Å². The molecule has 1 heterocycles. The van der Waals surface area contributed by atoms with Crippen molar-refractivity contribution in [1.82, 2.24) is 10.6 Å². The van der Waals surface area contributed by atoms with Gasteiger partial charge in [-0.15, -0.1) is 0 Å². The SMILES string of the molecule is O=C(Nc1ccc(N2CCc3ccccc3C2)c(C(=O)NC2CC2)c1)NC1CCCCC1. The van der Waals surface area contributed by atoms with Crippen LogP contribution in [-0.4, -0.2) is 30.6 Å². The minimum absolute atomic E-state index is 0.0577. The summed E-state index contributed by atoms with van der Waals surface area (Å²) in [6.45, 7) is 1.66. The van der Waals surface area contributed by atoms with E-state index in [0.717, 1.165) is 50.9 Å². The molecule has 6 heteroatoms.